The summed E-state index contributed by atoms with van der Waals surface area (Å²) < 4.78 is 23.2. The number of ether oxygens (including phenoxy) is 4. The molecule has 6 nitrogen and oxygen atoms in total. The molecule has 0 unspecified atom stereocenters. The Morgan fingerprint density at radius 3 is 1.14 bits per heavy atom. The Kier molecular flexibility index (Phi) is 14.6. The zero-order valence-electron chi connectivity index (χ0n) is 17.5. The van der Waals surface area contributed by atoms with E-state index in [9.17, 15) is 0 Å². The van der Waals surface area contributed by atoms with Gasteiger partial charge in [0.2, 0.25) is 0 Å². The van der Waals surface area contributed by atoms with E-state index in [0.717, 1.165) is 48.2 Å². The van der Waals surface area contributed by atoms with Gasteiger partial charge in [0.25, 0.3) is 0 Å². The van der Waals surface area contributed by atoms with Crippen LogP contribution in [0.2, 0.25) is 0 Å². The van der Waals surface area contributed by atoms with Crippen LogP contribution in [0.1, 0.15) is 11.1 Å². The largest absolute Gasteiger partial charge is 0.383 e. The molecule has 0 N–H and O–H groups in total. The fourth-order valence-electron chi connectivity index (χ4n) is 2.77. The Labute approximate surface area is 186 Å². The van der Waals surface area contributed by atoms with Gasteiger partial charge in [-0.25, -0.2) is 0 Å². The molecule has 8 heteroatoms. The molecule has 0 amide bonds. The van der Waals surface area contributed by atoms with Crippen molar-refractivity contribution in [2.24, 2.45) is 0 Å². The fourth-order valence-corrected chi connectivity index (χ4v) is 3.81. The van der Waals surface area contributed by atoms with Gasteiger partial charge in [-0.05, 0) is 23.3 Å². The van der Waals surface area contributed by atoms with Gasteiger partial charge in [0.05, 0.1) is 26.4 Å². The number of hydrogen-bond donors (Lipinski definition) is 0. The predicted octanol–water partition coefficient (Wildman–Crippen LogP) is 3.40. The molecular weight excluding hydrogens is 492 g/mol. The Hall–Kier alpha value is -0.0600. The van der Waals surface area contributed by atoms with Crippen LogP contribution in [-0.4, -0.2) is 90.8 Å². The number of benzene rings is 1. The van der Waals surface area contributed by atoms with Crippen LogP contribution < -0.4 is 0 Å². The van der Waals surface area contributed by atoms with Crippen molar-refractivity contribution in [3.63, 3.8) is 0 Å². The van der Waals surface area contributed by atoms with E-state index in [4.69, 9.17) is 18.9 Å². The van der Waals surface area contributed by atoms with Gasteiger partial charge < -0.3 is 18.9 Å². The lowest BCUT2D eigenvalue weighted by atomic mass is 10.1. The van der Waals surface area contributed by atoms with Crippen molar-refractivity contribution in [1.82, 2.24) is 9.80 Å². The van der Waals surface area contributed by atoms with Crippen LogP contribution in [0, 0.1) is 0 Å². The topological polar surface area (TPSA) is 43.4 Å². The minimum atomic E-state index is 0.703. The molecule has 28 heavy (non-hydrogen) atoms. The zero-order valence-corrected chi connectivity index (χ0v) is 20.7. The number of hydrogen-bond acceptors (Lipinski definition) is 6. The molecule has 0 fully saturated rings. The van der Waals surface area contributed by atoms with Gasteiger partial charge in [-0.2, -0.15) is 0 Å². The Morgan fingerprint density at radius 1 is 0.607 bits per heavy atom. The summed E-state index contributed by atoms with van der Waals surface area (Å²) in [6.45, 7) is 7.96. The van der Waals surface area contributed by atoms with Crippen LogP contribution in [0.15, 0.2) is 21.1 Å². The zero-order chi connectivity index (χ0) is 20.8. The summed E-state index contributed by atoms with van der Waals surface area (Å²) >= 11 is 7.53. The highest BCUT2D eigenvalue weighted by Gasteiger charge is 2.14. The van der Waals surface area contributed by atoms with Gasteiger partial charge in [0.1, 0.15) is 0 Å². The van der Waals surface area contributed by atoms with Crippen molar-refractivity contribution in [2.45, 2.75) is 13.1 Å². The number of rotatable bonds is 16. The van der Waals surface area contributed by atoms with Crippen molar-refractivity contribution < 1.29 is 18.9 Å². The molecule has 0 saturated heterocycles. The highest BCUT2D eigenvalue weighted by atomic mass is 79.9. The molecule has 0 aliphatic carbocycles. The van der Waals surface area contributed by atoms with Crippen molar-refractivity contribution in [2.75, 3.05) is 81.0 Å². The maximum absolute atomic E-state index is 5.24. The third-order valence-electron chi connectivity index (χ3n) is 4.45. The SMILES string of the molecule is COCCN(CCOC)Cc1cc(Br)c(CN(CCOC)CCOC)cc1Br. The van der Waals surface area contributed by atoms with Crippen molar-refractivity contribution in [3.05, 3.63) is 32.2 Å². The molecule has 1 aromatic carbocycles. The first kappa shape index (κ1) is 26.0. The third kappa shape index (κ3) is 10.1. The van der Waals surface area contributed by atoms with E-state index in [0.29, 0.717) is 26.4 Å². The molecular formula is C20H34Br2N2O4. The highest BCUT2D eigenvalue weighted by molar-refractivity contribution is 9.11. The maximum Gasteiger partial charge on any atom is 0.0589 e. The molecule has 162 valence electrons. The smallest absolute Gasteiger partial charge is 0.0589 e. The van der Waals surface area contributed by atoms with Crippen LogP contribution >= 0.6 is 31.9 Å². The lowest BCUT2D eigenvalue weighted by Crippen LogP contribution is -2.31. The van der Waals surface area contributed by atoms with Crippen LogP contribution in [-0.2, 0) is 32.0 Å². The predicted molar refractivity (Wildman–Crippen MR) is 120 cm³/mol. The van der Waals surface area contributed by atoms with Gasteiger partial charge in [-0.15, -0.1) is 0 Å². The molecule has 0 aliphatic rings. The van der Waals surface area contributed by atoms with Crippen molar-refractivity contribution in [1.29, 1.82) is 0 Å². The summed E-state index contributed by atoms with van der Waals surface area (Å²) in [5, 5.41) is 0. The molecule has 0 atom stereocenters. The van der Waals surface area contributed by atoms with Crippen molar-refractivity contribution in [3.8, 4) is 0 Å². The van der Waals surface area contributed by atoms with E-state index in [2.05, 4.69) is 53.8 Å². The Morgan fingerprint density at radius 2 is 0.893 bits per heavy atom. The first-order valence-electron chi connectivity index (χ1n) is 9.42. The summed E-state index contributed by atoms with van der Waals surface area (Å²) in [6, 6.07) is 4.41. The van der Waals surface area contributed by atoms with Gasteiger partial charge >= 0.3 is 0 Å². The second-order valence-electron chi connectivity index (χ2n) is 6.56. The van der Waals surface area contributed by atoms with E-state index in [1.165, 1.54) is 11.1 Å². The Bertz CT molecular complexity index is 485. The van der Waals surface area contributed by atoms with Crippen LogP contribution in [0.25, 0.3) is 0 Å². The molecule has 1 aromatic rings. The van der Waals surface area contributed by atoms with E-state index >= 15 is 0 Å². The third-order valence-corrected chi connectivity index (χ3v) is 5.93. The normalized spacial score (nSPS) is 11.7. The molecule has 0 saturated carbocycles. The van der Waals surface area contributed by atoms with Crippen LogP contribution in [0.4, 0.5) is 0 Å². The quantitative estimate of drug-likeness (QED) is 0.329. The number of methoxy groups -OCH3 is 4. The number of halogens is 2. The summed E-state index contributed by atoms with van der Waals surface area (Å²) in [5.74, 6) is 0. The monoisotopic (exact) mass is 524 g/mol. The second-order valence-corrected chi connectivity index (χ2v) is 8.27. The maximum atomic E-state index is 5.24. The first-order valence-corrected chi connectivity index (χ1v) is 11.0. The van der Waals surface area contributed by atoms with Gasteiger partial charge in [0, 0.05) is 76.7 Å². The highest BCUT2D eigenvalue weighted by Crippen LogP contribution is 2.28. The standard InChI is InChI=1S/C20H34Br2N2O4/c1-25-9-5-23(6-10-26-2)15-17-13-20(22)18(14-19(17)21)16-24(7-11-27-3)8-12-28-4/h13-14H,5-12,15-16H2,1-4H3. The van der Waals surface area contributed by atoms with Crippen LogP contribution in [0.3, 0.4) is 0 Å². The summed E-state index contributed by atoms with van der Waals surface area (Å²) in [6.07, 6.45) is 0. The molecule has 0 aromatic heterocycles. The van der Waals surface area contributed by atoms with E-state index in [1.54, 1.807) is 28.4 Å². The van der Waals surface area contributed by atoms with Gasteiger partial charge in [-0.1, -0.05) is 31.9 Å². The molecule has 0 spiro atoms. The molecule has 0 heterocycles. The van der Waals surface area contributed by atoms with Gasteiger partial charge in [-0.3, -0.25) is 9.80 Å². The van der Waals surface area contributed by atoms with Crippen molar-refractivity contribution >= 4 is 31.9 Å². The lowest BCUT2D eigenvalue weighted by Gasteiger charge is -2.25. The number of nitrogens with zero attached hydrogens (tertiary/aromatic N) is 2. The lowest BCUT2D eigenvalue weighted by molar-refractivity contribution is 0.109. The summed E-state index contributed by atoms with van der Waals surface area (Å²) in [4.78, 5) is 4.67. The summed E-state index contributed by atoms with van der Waals surface area (Å²) in [5.41, 5.74) is 2.48. The first-order chi connectivity index (χ1) is 13.5. The average molecular weight is 526 g/mol. The molecule has 1 rings (SSSR count). The molecule has 0 aliphatic heterocycles. The molecule has 0 bridgehead atoms. The van der Waals surface area contributed by atoms with E-state index < -0.39 is 0 Å². The average Bonchev–Trinajstić information content (AvgIpc) is 2.69. The minimum Gasteiger partial charge on any atom is -0.383 e. The minimum absolute atomic E-state index is 0.703. The van der Waals surface area contributed by atoms with Crippen LogP contribution in [0.5, 0.6) is 0 Å². The van der Waals surface area contributed by atoms with E-state index in [1.807, 2.05) is 0 Å². The summed E-state index contributed by atoms with van der Waals surface area (Å²) in [7, 11) is 6.92. The molecule has 0 radical (unpaired) electrons. The fraction of sp³-hybridized carbons (Fsp3) is 0.700. The van der Waals surface area contributed by atoms with Gasteiger partial charge in [0.15, 0.2) is 0 Å². The van der Waals surface area contributed by atoms with E-state index in [-0.39, 0.29) is 0 Å². The second kappa shape index (κ2) is 15.7. The Balaban J connectivity index is 2.85.